The van der Waals surface area contributed by atoms with Crippen molar-refractivity contribution >= 4 is 44.9 Å². The van der Waals surface area contributed by atoms with Gasteiger partial charge in [-0.25, -0.2) is 4.98 Å². The van der Waals surface area contributed by atoms with Crippen LogP contribution >= 0.6 is 11.8 Å². The molecule has 0 unspecified atom stereocenters. The van der Waals surface area contributed by atoms with Crippen LogP contribution in [0.15, 0.2) is 82.7 Å². The number of amides is 2. The summed E-state index contributed by atoms with van der Waals surface area (Å²) in [5.74, 6) is 1.29. The molecule has 0 aliphatic carbocycles. The number of anilines is 1. The first-order valence-electron chi connectivity index (χ1n) is 10.8. The molecule has 1 aliphatic heterocycles. The van der Waals surface area contributed by atoms with Crippen LogP contribution in [0.2, 0.25) is 0 Å². The zero-order valence-electron chi connectivity index (χ0n) is 19.6. The molecule has 0 saturated carbocycles. The Balaban J connectivity index is 0.000000275. The van der Waals surface area contributed by atoms with E-state index in [-0.39, 0.29) is 16.0 Å². The topological polar surface area (TPSA) is 126 Å². The summed E-state index contributed by atoms with van der Waals surface area (Å²) in [6.07, 6.45) is 3.44. The Bertz CT molecular complexity index is 1330. The molecule has 0 spiro atoms. The van der Waals surface area contributed by atoms with Crippen LogP contribution < -0.4 is 15.0 Å². The molecule has 1 saturated heterocycles. The second-order valence-corrected chi connectivity index (χ2v) is 10.1. The Labute approximate surface area is 213 Å². The lowest BCUT2D eigenvalue weighted by Crippen LogP contribution is -2.24. The fraction of sp³-hybridized carbons (Fsp3) is 0.160. The van der Waals surface area contributed by atoms with Gasteiger partial charge in [0.05, 0.1) is 16.3 Å². The summed E-state index contributed by atoms with van der Waals surface area (Å²) in [5, 5.41) is 1.89. The quantitative estimate of drug-likeness (QED) is 0.344. The first kappa shape index (κ1) is 26.9. The van der Waals surface area contributed by atoms with E-state index in [0.29, 0.717) is 18.1 Å². The zero-order valence-corrected chi connectivity index (χ0v) is 21.3. The highest BCUT2D eigenvalue weighted by Gasteiger charge is 2.24. The van der Waals surface area contributed by atoms with E-state index in [2.05, 4.69) is 10.3 Å². The Kier molecular flexibility index (Phi) is 9.23. The number of ether oxygens (including phenoxy) is 1. The molecule has 11 heteroatoms. The molecule has 1 aliphatic rings. The largest absolute Gasteiger partial charge is 0.492 e. The predicted octanol–water partition coefficient (Wildman–Crippen LogP) is 4.16. The third-order valence-electron chi connectivity index (χ3n) is 4.87. The van der Waals surface area contributed by atoms with E-state index in [4.69, 9.17) is 9.29 Å². The molecule has 0 radical (unpaired) electrons. The number of carbonyl (C=O) groups is 2. The van der Waals surface area contributed by atoms with Gasteiger partial charge in [0.25, 0.3) is 21.3 Å². The van der Waals surface area contributed by atoms with Gasteiger partial charge in [-0.1, -0.05) is 35.9 Å². The second kappa shape index (κ2) is 12.3. The maximum Gasteiger partial charge on any atom is 0.294 e. The molecule has 188 valence electrons. The minimum absolute atomic E-state index is 0.0666. The molecule has 3 aromatic rings. The van der Waals surface area contributed by atoms with E-state index in [0.717, 1.165) is 34.5 Å². The number of thioether (sulfide) groups is 1. The number of hydrogen-bond donors (Lipinski definition) is 2. The van der Waals surface area contributed by atoms with Crippen molar-refractivity contribution in [1.82, 2.24) is 10.3 Å². The van der Waals surface area contributed by atoms with Gasteiger partial charge in [0, 0.05) is 13.2 Å². The molecule has 2 heterocycles. The Morgan fingerprint density at radius 1 is 1.06 bits per heavy atom. The lowest BCUT2D eigenvalue weighted by atomic mass is 10.2. The average Bonchev–Trinajstić information content (AvgIpc) is 3.17. The zero-order chi connectivity index (χ0) is 26.1. The molecule has 2 amide bonds. The van der Waals surface area contributed by atoms with Crippen LogP contribution in [-0.2, 0) is 14.9 Å². The number of pyridine rings is 1. The average molecular weight is 528 g/mol. The minimum atomic E-state index is -4.02. The van der Waals surface area contributed by atoms with Gasteiger partial charge in [-0.05, 0) is 66.7 Å². The third kappa shape index (κ3) is 8.22. The lowest BCUT2D eigenvalue weighted by Gasteiger charge is -2.18. The van der Waals surface area contributed by atoms with Crippen molar-refractivity contribution in [3.63, 3.8) is 0 Å². The molecule has 2 N–H and O–H groups in total. The Morgan fingerprint density at radius 2 is 1.75 bits per heavy atom. The van der Waals surface area contributed by atoms with Gasteiger partial charge in [-0.3, -0.25) is 19.5 Å². The predicted molar refractivity (Wildman–Crippen MR) is 140 cm³/mol. The van der Waals surface area contributed by atoms with E-state index < -0.39 is 10.1 Å². The van der Waals surface area contributed by atoms with Crippen molar-refractivity contribution in [3.8, 4) is 5.75 Å². The van der Waals surface area contributed by atoms with Crippen LogP contribution in [0, 0.1) is 6.92 Å². The number of benzene rings is 2. The van der Waals surface area contributed by atoms with Crippen molar-refractivity contribution in [3.05, 3.63) is 89.0 Å². The Morgan fingerprint density at radius 3 is 2.31 bits per heavy atom. The van der Waals surface area contributed by atoms with Crippen LogP contribution in [0.4, 0.5) is 10.6 Å². The van der Waals surface area contributed by atoms with Gasteiger partial charge in [0.15, 0.2) is 0 Å². The molecule has 4 rings (SSSR count). The highest BCUT2D eigenvalue weighted by Crippen LogP contribution is 2.26. The first-order valence-corrected chi connectivity index (χ1v) is 13.0. The van der Waals surface area contributed by atoms with Crippen molar-refractivity contribution in [2.75, 3.05) is 25.1 Å². The number of nitrogens with one attached hydrogen (secondary N) is 1. The first-order chi connectivity index (χ1) is 17.1. The highest BCUT2D eigenvalue weighted by molar-refractivity contribution is 8.18. The normalized spacial score (nSPS) is 14.1. The fourth-order valence-electron chi connectivity index (χ4n) is 2.94. The number of nitrogens with zero attached hydrogens (tertiary/aromatic N) is 2. The van der Waals surface area contributed by atoms with E-state index in [1.54, 1.807) is 24.4 Å². The van der Waals surface area contributed by atoms with Crippen LogP contribution in [0.1, 0.15) is 11.1 Å². The third-order valence-corrected chi connectivity index (χ3v) is 6.55. The number of hydrogen-bond acceptors (Lipinski definition) is 8. The lowest BCUT2D eigenvalue weighted by molar-refractivity contribution is -0.115. The van der Waals surface area contributed by atoms with E-state index in [9.17, 15) is 18.0 Å². The fourth-order valence-corrected chi connectivity index (χ4v) is 4.10. The molecule has 1 fully saturated rings. The maximum atomic E-state index is 11.5. The number of likely N-dealkylation sites (N-methyl/N-ethyl adjacent to an activating group) is 1. The Hall–Kier alpha value is -3.67. The number of aryl methyl sites for hydroxylation is 1. The summed E-state index contributed by atoms with van der Waals surface area (Å²) in [5.41, 5.74) is 1.79. The van der Waals surface area contributed by atoms with Crippen molar-refractivity contribution in [2.45, 2.75) is 11.8 Å². The molecule has 0 atom stereocenters. The van der Waals surface area contributed by atoms with E-state index in [1.807, 2.05) is 61.3 Å². The SMILES string of the molecule is CN(CCOc1ccc(/C=C2\SC(=O)NC2=O)cc1)c1ccccn1.Cc1ccc(S(=O)(=O)O)cc1. The number of carbonyl (C=O) groups excluding carboxylic acids is 2. The van der Waals surface area contributed by atoms with Gasteiger partial charge >= 0.3 is 0 Å². The van der Waals surface area contributed by atoms with E-state index in [1.165, 1.54) is 12.1 Å². The number of rotatable bonds is 7. The number of imide groups is 1. The minimum Gasteiger partial charge on any atom is -0.492 e. The second-order valence-electron chi connectivity index (χ2n) is 7.67. The van der Waals surface area contributed by atoms with Crippen LogP contribution in [0.5, 0.6) is 5.75 Å². The van der Waals surface area contributed by atoms with Crippen LogP contribution in [0.25, 0.3) is 6.08 Å². The van der Waals surface area contributed by atoms with Gasteiger partial charge in [0.1, 0.15) is 18.2 Å². The van der Waals surface area contributed by atoms with Crippen LogP contribution in [-0.4, -0.2) is 49.3 Å². The molecular formula is C25H25N3O6S2. The monoisotopic (exact) mass is 527 g/mol. The van der Waals surface area contributed by atoms with Gasteiger partial charge in [-0.15, -0.1) is 0 Å². The maximum absolute atomic E-state index is 11.5. The van der Waals surface area contributed by atoms with Gasteiger partial charge in [0.2, 0.25) is 0 Å². The number of aromatic nitrogens is 1. The summed E-state index contributed by atoms with van der Waals surface area (Å²) in [6.45, 7) is 3.08. The van der Waals surface area contributed by atoms with Crippen molar-refractivity contribution < 1.29 is 27.3 Å². The van der Waals surface area contributed by atoms with Crippen molar-refractivity contribution in [1.29, 1.82) is 0 Å². The standard InChI is InChI=1S/C18H17N3O3S.C7H8O3S/c1-21(16-4-2-3-9-19-16)10-11-24-14-7-5-13(6-8-14)12-15-17(22)20-18(23)25-15;1-6-2-4-7(5-3-6)11(8,9)10/h2-9,12H,10-11H2,1H3,(H,20,22,23);2-5H,1H3,(H,8,9,10)/b15-12-;. The smallest absolute Gasteiger partial charge is 0.294 e. The molecule has 1 aromatic heterocycles. The van der Waals surface area contributed by atoms with Gasteiger partial charge < -0.3 is 9.64 Å². The molecule has 36 heavy (non-hydrogen) atoms. The molecular weight excluding hydrogens is 502 g/mol. The summed E-state index contributed by atoms with van der Waals surface area (Å²) < 4.78 is 35.3. The molecule has 0 bridgehead atoms. The summed E-state index contributed by atoms with van der Waals surface area (Å²) in [6, 6.07) is 19.1. The van der Waals surface area contributed by atoms with Crippen LogP contribution in [0.3, 0.4) is 0 Å². The van der Waals surface area contributed by atoms with Crippen molar-refractivity contribution in [2.24, 2.45) is 0 Å². The molecule has 2 aromatic carbocycles. The summed E-state index contributed by atoms with van der Waals surface area (Å²) in [4.78, 5) is 29.3. The van der Waals surface area contributed by atoms with E-state index >= 15 is 0 Å². The summed E-state index contributed by atoms with van der Waals surface area (Å²) >= 11 is 0.907. The van der Waals surface area contributed by atoms with Gasteiger partial charge in [-0.2, -0.15) is 8.42 Å². The highest BCUT2D eigenvalue weighted by atomic mass is 32.2. The molecule has 9 nitrogen and oxygen atoms in total. The summed E-state index contributed by atoms with van der Waals surface area (Å²) in [7, 11) is -2.05.